The van der Waals surface area contributed by atoms with Crippen LogP contribution in [0, 0.1) is 5.92 Å². The molecule has 0 aromatic carbocycles. The molecule has 1 fully saturated rings. The van der Waals surface area contributed by atoms with Crippen LogP contribution in [0.1, 0.15) is 20.3 Å². The van der Waals surface area contributed by atoms with Crippen molar-refractivity contribution >= 4 is 9.84 Å². The summed E-state index contributed by atoms with van der Waals surface area (Å²) in [5, 5.41) is 3.00. The highest BCUT2D eigenvalue weighted by atomic mass is 32.2. The predicted octanol–water partition coefficient (Wildman–Crippen LogP) is 0.377. The molecule has 1 saturated heterocycles. The van der Waals surface area contributed by atoms with Gasteiger partial charge in [0, 0.05) is 6.04 Å². The van der Waals surface area contributed by atoms with Crippen LogP contribution in [-0.4, -0.2) is 26.1 Å². The maximum Gasteiger partial charge on any atom is 0.163 e. The lowest BCUT2D eigenvalue weighted by Crippen LogP contribution is -2.32. The van der Waals surface area contributed by atoms with E-state index in [1.807, 2.05) is 6.92 Å². The van der Waals surface area contributed by atoms with Crippen LogP contribution in [-0.2, 0) is 9.84 Å². The van der Waals surface area contributed by atoms with Crippen molar-refractivity contribution < 1.29 is 8.42 Å². The fraction of sp³-hybridized carbons (Fsp3) is 1.00. The molecule has 1 aliphatic rings. The minimum absolute atomic E-state index is 0.151. The molecule has 0 amide bonds. The summed E-state index contributed by atoms with van der Waals surface area (Å²) < 4.78 is 22.2. The summed E-state index contributed by atoms with van der Waals surface area (Å²) in [7, 11) is -2.80. The Kier molecular flexibility index (Phi) is 2.54. The van der Waals surface area contributed by atoms with E-state index in [1.54, 1.807) is 0 Å². The largest absolute Gasteiger partial charge is 0.301 e. The van der Waals surface area contributed by atoms with Gasteiger partial charge in [0.2, 0.25) is 0 Å². The second-order valence-electron chi connectivity index (χ2n) is 3.35. The van der Waals surface area contributed by atoms with E-state index in [1.165, 1.54) is 0 Å². The Bertz CT molecular complexity index is 205. The smallest absolute Gasteiger partial charge is 0.163 e. The Hall–Kier alpha value is -0.0900. The SMILES string of the molecule is CC1CCS(=O)(=O)CNC1C. The molecule has 2 atom stereocenters. The van der Waals surface area contributed by atoms with Crippen LogP contribution >= 0.6 is 0 Å². The fourth-order valence-corrected chi connectivity index (χ4v) is 2.54. The fourth-order valence-electron chi connectivity index (χ4n) is 1.15. The molecule has 0 aromatic heterocycles. The van der Waals surface area contributed by atoms with Crippen molar-refractivity contribution in [2.45, 2.75) is 26.3 Å². The second kappa shape index (κ2) is 3.11. The molecule has 1 heterocycles. The van der Waals surface area contributed by atoms with Crippen LogP contribution in [0.15, 0.2) is 0 Å². The van der Waals surface area contributed by atoms with Gasteiger partial charge in [0.25, 0.3) is 0 Å². The third kappa shape index (κ3) is 2.45. The quantitative estimate of drug-likeness (QED) is 0.581. The van der Waals surface area contributed by atoms with Gasteiger partial charge in [-0.15, -0.1) is 0 Å². The highest BCUT2D eigenvalue weighted by molar-refractivity contribution is 7.91. The first-order valence-corrected chi connectivity index (χ1v) is 5.77. The Morgan fingerprint density at radius 1 is 1.36 bits per heavy atom. The molecule has 4 heteroatoms. The van der Waals surface area contributed by atoms with Crippen LogP contribution in [0.3, 0.4) is 0 Å². The van der Waals surface area contributed by atoms with Gasteiger partial charge in [-0.25, -0.2) is 8.42 Å². The topological polar surface area (TPSA) is 46.2 Å². The third-order valence-corrected chi connectivity index (χ3v) is 3.83. The van der Waals surface area contributed by atoms with Gasteiger partial charge in [-0.2, -0.15) is 0 Å². The van der Waals surface area contributed by atoms with Gasteiger partial charge in [0.05, 0.1) is 11.6 Å². The molecule has 2 unspecified atom stereocenters. The molecule has 0 spiro atoms. The van der Waals surface area contributed by atoms with E-state index in [4.69, 9.17) is 0 Å². The lowest BCUT2D eigenvalue weighted by atomic mass is 10.0. The van der Waals surface area contributed by atoms with Gasteiger partial charge in [-0.05, 0) is 19.3 Å². The van der Waals surface area contributed by atoms with E-state index in [0.29, 0.717) is 17.7 Å². The van der Waals surface area contributed by atoms with Crippen molar-refractivity contribution in [1.82, 2.24) is 5.32 Å². The van der Waals surface area contributed by atoms with E-state index in [2.05, 4.69) is 12.2 Å². The third-order valence-electron chi connectivity index (χ3n) is 2.36. The standard InChI is InChI=1S/C7H15NO2S/c1-6-3-4-11(9,10)5-8-7(6)2/h6-8H,3-5H2,1-2H3. The first-order chi connectivity index (χ1) is 5.01. The van der Waals surface area contributed by atoms with Gasteiger partial charge < -0.3 is 5.32 Å². The summed E-state index contributed by atoms with van der Waals surface area (Å²) in [5.74, 6) is 0.955. The summed E-state index contributed by atoms with van der Waals surface area (Å²) in [6.07, 6.45) is 0.788. The zero-order valence-electron chi connectivity index (χ0n) is 7.00. The van der Waals surface area contributed by atoms with Gasteiger partial charge in [0.1, 0.15) is 0 Å². The van der Waals surface area contributed by atoms with Crippen molar-refractivity contribution in [3.8, 4) is 0 Å². The highest BCUT2D eigenvalue weighted by Crippen LogP contribution is 2.13. The average Bonchev–Trinajstić information content (AvgIpc) is 2.03. The van der Waals surface area contributed by atoms with E-state index in [-0.39, 0.29) is 5.88 Å². The molecule has 1 N–H and O–H groups in total. The predicted molar refractivity (Wildman–Crippen MR) is 45.0 cm³/mol. The number of nitrogens with one attached hydrogen (secondary N) is 1. The lowest BCUT2D eigenvalue weighted by molar-refractivity contribution is 0.421. The van der Waals surface area contributed by atoms with E-state index in [9.17, 15) is 8.42 Å². The minimum Gasteiger partial charge on any atom is -0.301 e. The first-order valence-electron chi connectivity index (χ1n) is 3.95. The minimum atomic E-state index is -2.80. The van der Waals surface area contributed by atoms with Crippen LogP contribution in [0.2, 0.25) is 0 Å². The number of hydrogen-bond donors (Lipinski definition) is 1. The molecule has 3 nitrogen and oxygen atoms in total. The van der Waals surface area contributed by atoms with Gasteiger partial charge in [-0.1, -0.05) is 6.92 Å². The lowest BCUT2D eigenvalue weighted by Gasteiger charge is -2.15. The molecule has 11 heavy (non-hydrogen) atoms. The molecule has 0 bridgehead atoms. The zero-order chi connectivity index (χ0) is 8.48. The maximum absolute atomic E-state index is 11.1. The van der Waals surface area contributed by atoms with Gasteiger partial charge in [-0.3, -0.25) is 0 Å². The van der Waals surface area contributed by atoms with Gasteiger partial charge >= 0.3 is 0 Å². The summed E-state index contributed by atoms with van der Waals surface area (Å²) in [6, 6.07) is 0.326. The molecular formula is C7H15NO2S. The normalized spacial score (nSPS) is 38.0. The Morgan fingerprint density at radius 3 is 2.64 bits per heavy atom. The van der Waals surface area contributed by atoms with E-state index >= 15 is 0 Å². The van der Waals surface area contributed by atoms with E-state index < -0.39 is 9.84 Å². The summed E-state index contributed by atoms with van der Waals surface area (Å²) in [6.45, 7) is 4.12. The van der Waals surface area contributed by atoms with E-state index in [0.717, 1.165) is 6.42 Å². The molecule has 0 aliphatic carbocycles. The number of sulfone groups is 1. The highest BCUT2D eigenvalue weighted by Gasteiger charge is 2.22. The van der Waals surface area contributed by atoms with Crippen molar-refractivity contribution in [2.24, 2.45) is 5.92 Å². The maximum atomic E-state index is 11.1. The van der Waals surface area contributed by atoms with Gasteiger partial charge in [0.15, 0.2) is 9.84 Å². The van der Waals surface area contributed by atoms with Crippen molar-refractivity contribution in [3.05, 3.63) is 0 Å². The van der Waals surface area contributed by atoms with Crippen LogP contribution in [0.25, 0.3) is 0 Å². The molecular weight excluding hydrogens is 162 g/mol. The molecule has 1 aliphatic heterocycles. The average molecular weight is 177 g/mol. The van der Waals surface area contributed by atoms with Crippen LogP contribution in [0.5, 0.6) is 0 Å². The summed E-state index contributed by atoms with van der Waals surface area (Å²) in [4.78, 5) is 0. The molecule has 66 valence electrons. The number of rotatable bonds is 0. The first kappa shape index (κ1) is 9.00. The van der Waals surface area contributed by atoms with Crippen molar-refractivity contribution in [3.63, 3.8) is 0 Å². The molecule has 0 radical (unpaired) electrons. The van der Waals surface area contributed by atoms with Crippen molar-refractivity contribution in [1.29, 1.82) is 0 Å². The second-order valence-corrected chi connectivity index (χ2v) is 5.53. The monoisotopic (exact) mass is 177 g/mol. The van der Waals surface area contributed by atoms with Crippen LogP contribution in [0.4, 0.5) is 0 Å². The Balaban J connectivity index is 2.66. The summed E-state index contributed by atoms with van der Waals surface area (Å²) >= 11 is 0. The zero-order valence-corrected chi connectivity index (χ0v) is 7.82. The summed E-state index contributed by atoms with van der Waals surface area (Å²) in [5.41, 5.74) is 0. The Labute approximate surface area is 68.1 Å². The molecule has 0 aromatic rings. The van der Waals surface area contributed by atoms with Crippen molar-refractivity contribution in [2.75, 3.05) is 11.6 Å². The number of hydrogen-bond acceptors (Lipinski definition) is 3. The molecule has 1 rings (SSSR count). The van der Waals surface area contributed by atoms with Crippen LogP contribution < -0.4 is 5.32 Å². The molecule has 0 saturated carbocycles. The Morgan fingerprint density at radius 2 is 2.00 bits per heavy atom.